The number of benzene rings is 2. The summed E-state index contributed by atoms with van der Waals surface area (Å²) < 4.78 is 5.52. The van der Waals surface area contributed by atoms with Crippen LogP contribution in [-0.4, -0.2) is 17.5 Å². The van der Waals surface area contributed by atoms with Gasteiger partial charge in [-0.25, -0.2) is 4.98 Å². The minimum atomic E-state index is -0.113. The molecule has 2 heterocycles. The number of nitrogens with one attached hydrogen (secondary N) is 1. The number of carbonyl (C=O) groups excluding carboxylic acids is 1. The van der Waals surface area contributed by atoms with E-state index >= 15 is 0 Å². The van der Waals surface area contributed by atoms with E-state index < -0.39 is 0 Å². The van der Waals surface area contributed by atoms with Crippen LogP contribution in [0.5, 0.6) is 5.75 Å². The monoisotopic (exact) mass is 390 g/mol. The maximum absolute atomic E-state index is 12.4. The molecule has 142 valence electrons. The molecule has 4 rings (SSSR count). The second-order valence-corrected chi connectivity index (χ2v) is 7.89. The number of fused-ring (bicyclic) bond motifs is 1. The van der Waals surface area contributed by atoms with Gasteiger partial charge in [-0.15, -0.1) is 11.3 Å². The number of hydrogen-bond acceptors (Lipinski definition) is 4. The average Bonchev–Trinajstić information content (AvgIpc) is 3.33. The molecule has 5 heteroatoms. The molecule has 0 bridgehead atoms. The highest BCUT2D eigenvalue weighted by molar-refractivity contribution is 7.15. The lowest BCUT2D eigenvalue weighted by molar-refractivity contribution is -0.117. The van der Waals surface area contributed by atoms with Crippen LogP contribution in [-0.2, 0) is 11.2 Å². The van der Waals surface area contributed by atoms with Gasteiger partial charge in [0.05, 0.1) is 23.2 Å². The fourth-order valence-electron chi connectivity index (χ4n) is 3.32. The van der Waals surface area contributed by atoms with Crippen LogP contribution in [0.2, 0.25) is 0 Å². The van der Waals surface area contributed by atoms with E-state index in [1.807, 2.05) is 50.3 Å². The number of amides is 1. The zero-order valence-electron chi connectivity index (χ0n) is 15.9. The largest absolute Gasteiger partial charge is 0.493 e. The Morgan fingerprint density at radius 2 is 2.07 bits per heavy atom. The Balaban J connectivity index is 1.43. The van der Waals surface area contributed by atoms with Crippen molar-refractivity contribution < 1.29 is 9.53 Å². The summed E-state index contributed by atoms with van der Waals surface area (Å²) in [6.45, 7) is 4.72. The van der Waals surface area contributed by atoms with Crippen LogP contribution in [0.3, 0.4) is 0 Å². The highest BCUT2D eigenvalue weighted by atomic mass is 32.1. The molecule has 0 fully saturated rings. The van der Waals surface area contributed by atoms with Crippen molar-refractivity contribution in [1.82, 2.24) is 10.3 Å². The van der Waals surface area contributed by atoms with E-state index in [9.17, 15) is 4.79 Å². The Morgan fingerprint density at radius 1 is 1.25 bits per heavy atom. The topological polar surface area (TPSA) is 51.2 Å². The summed E-state index contributed by atoms with van der Waals surface area (Å²) in [5, 5.41) is 4.02. The number of thiazole rings is 1. The van der Waals surface area contributed by atoms with Crippen molar-refractivity contribution >= 4 is 23.3 Å². The summed E-state index contributed by atoms with van der Waals surface area (Å²) in [6, 6.07) is 16.0. The third kappa shape index (κ3) is 3.99. The lowest BCUT2D eigenvalue weighted by Gasteiger charge is -2.11. The van der Waals surface area contributed by atoms with Gasteiger partial charge in [-0.05, 0) is 43.2 Å². The molecule has 2 aromatic carbocycles. The quantitative estimate of drug-likeness (QED) is 0.628. The van der Waals surface area contributed by atoms with E-state index in [4.69, 9.17) is 4.74 Å². The van der Waals surface area contributed by atoms with Crippen LogP contribution >= 0.6 is 11.3 Å². The minimum absolute atomic E-state index is 0.0967. The molecule has 0 aliphatic carbocycles. The molecule has 1 amide bonds. The number of hydrogen-bond donors (Lipinski definition) is 1. The average molecular weight is 391 g/mol. The van der Waals surface area contributed by atoms with Crippen molar-refractivity contribution in [2.75, 3.05) is 6.61 Å². The summed E-state index contributed by atoms with van der Waals surface area (Å²) in [5.74, 6) is 0.837. The third-order valence-electron chi connectivity index (χ3n) is 4.75. The van der Waals surface area contributed by atoms with Crippen LogP contribution in [0.15, 0.2) is 54.6 Å². The van der Waals surface area contributed by atoms with Gasteiger partial charge in [-0.3, -0.25) is 4.79 Å². The van der Waals surface area contributed by atoms with E-state index in [0.717, 1.165) is 45.5 Å². The van der Waals surface area contributed by atoms with Gasteiger partial charge >= 0.3 is 0 Å². The molecule has 0 saturated heterocycles. The fraction of sp³-hybridized carbons (Fsp3) is 0.217. The van der Waals surface area contributed by atoms with Gasteiger partial charge in [0.25, 0.3) is 0 Å². The molecule has 28 heavy (non-hydrogen) atoms. The van der Waals surface area contributed by atoms with Crippen LogP contribution in [0.4, 0.5) is 0 Å². The molecule has 0 saturated carbocycles. The maximum Gasteiger partial charge on any atom is 0.244 e. The maximum atomic E-state index is 12.4. The van der Waals surface area contributed by atoms with Gasteiger partial charge in [0.1, 0.15) is 10.8 Å². The van der Waals surface area contributed by atoms with Crippen LogP contribution in [0.25, 0.3) is 16.6 Å². The first kappa shape index (κ1) is 18.4. The van der Waals surface area contributed by atoms with Crippen molar-refractivity contribution in [3.63, 3.8) is 0 Å². The van der Waals surface area contributed by atoms with Gasteiger partial charge in [-0.2, -0.15) is 0 Å². The predicted molar refractivity (Wildman–Crippen MR) is 114 cm³/mol. The number of aromatic nitrogens is 1. The van der Waals surface area contributed by atoms with E-state index in [-0.39, 0.29) is 11.9 Å². The normalized spacial score (nSPS) is 13.9. The number of aryl methyl sites for hydroxylation is 1. The molecule has 1 aliphatic heterocycles. The molecule has 1 atom stereocenters. The van der Waals surface area contributed by atoms with Gasteiger partial charge in [0.2, 0.25) is 5.91 Å². The van der Waals surface area contributed by atoms with E-state index in [2.05, 4.69) is 28.5 Å². The number of carbonyl (C=O) groups is 1. The molecule has 4 nitrogen and oxygen atoms in total. The predicted octanol–water partition coefficient (Wildman–Crippen LogP) is 4.94. The fourth-order valence-corrected chi connectivity index (χ4v) is 4.40. The molecule has 1 N–H and O–H groups in total. The zero-order chi connectivity index (χ0) is 19.5. The van der Waals surface area contributed by atoms with Crippen LogP contribution < -0.4 is 10.1 Å². The lowest BCUT2D eigenvalue weighted by atomic mass is 10.1. The van der Waals surface area contributed by atoms with Gasteiger partial charge < -0.3 is 10.1 Å². The van der Waals surface area contributed by atoms with E-state index in [1.165, 1.54) is 5.56 Å². The van der Waals surface area contributed by atoms with E-state index in [0.29, 0.717) is 0 Å². The summed E-state index contributed by atoms with van der Waals surface area (Å²) in [5.41, 5.74) is 4.26. The molecular weight excluding hydrogens is 368 g/mol. The first-order chi connectivity index (χ1) is 13.6. The lowest BCUT2D eigenvalue weighted by Crippen LogP contribution is -2.24. The van der Waals surface area contributed by atoms with Crippen LogP contribution in [0, 0.1) is 6.92 Å². The highest BCUT2D eigenvalue weighted by Crippen LogP contribution is 2.31. The first-order valence-electron chi connectivity index (χ1n) is 9.37. The highest BCUT2D eigenvalue weighted by Gasteiger charge is 2.16. The standard InChI is InChI=1S/C23H22N2O2S/c1-15(22-16(2)25-23(28-22)18-6-4-3-5-7-18)24-21(26)11-9-17-8-10-20-19(14-17)12-13-27-20/h3-11,14-15H,12-13H2,1-2H3,(H,24,26)/b11-9+. The molecule has 1 unspecified atom stereocenters. The van der Waals surface area contributed by atoms with Crippen molar-refractivity contribution in [3.05, 3.63) is 76.3 Å². The third-order valence-corrected chi connectivity index (χ3v) is 6.14. The number of ether oxygens (including phenoxy) is 1. The van der Waals surface area contributed by atoms with Crippen molar-refractivity contribution in [2.45, 2.75) is 26.3 Å². The molecule has 1 aromatic heterocycles. The first-order valence-corrected chi connectivity index (χ1v) is 10.2. The Bertz CT molecular complexity index is 1020. The number of rotatable bonds is 5. The van der Waals surface area contributed by atoms with Crippen molar-refractivity contribution in [1.29, 1.82) is 0 Å². The summed E-state index contributed by atoms with van der Waals surface area (Å²) in [4.78, 5) is 18.1. The Kier molecular flexibility index (Phi) is 5.26. The van der Waals surface area contributed by atoms with Gasteiger partial charge in [-0.1, -0.05) is 36.4 Å². The molecular formula is C23H22N2O2S. The van der Waals surface area contributed by atoms with Crippen molar-refractivity contribution in [3.8, 4) is 16.3 Å². The second-order valence-electron chi connectivity index (χ2n) is 6.86. The smallest absolute Gasteiger partial charge is 0.244 e. The van der Waals surface area contributed by atoms with Crippen LogP contribution in [0.1, 0.15) is 34.7 Å². The van der Waals surface area contributed by atoms with Crippen molar-refractivity contribution in [2.24, 2.45) is 0 Å². The van der Waals surface area contributed by atoms with Gasteiger partial charge in [0, 0.05) is 18.1 Å². The summed E-state index contributed by atoms with van der Waals surface area (Å²) >= 11 is 1.63. The Hall–Kier alpha value is -2.92. The van der Waals surface area contributed by atoms with Gasteiger partial charge in [0.15, 0.2) is 0 Å². The SMILES string of the molecule is Cc1nc(-c2ccccc2)sc1C(C)NC(=O)/C=C/c1ccc2c(c1)CCO2. The Morgan fingerprint density at radius 3 is 2.89 bits per heavy atom. The summed E-state index contributed by atoms with van der Waals surface area (Å²) in [6.07, 6.45) is 4.35. The number of nitrogens with zero attached hydrogens (tertiary/aromatic N) is 1. The summed E-state index contributed by atoms with van der Waals surface area (Å²) in [7, 11) is 0. The molecule has 1 aliphatic rings. The molecule has 3 aromatic rings. The zero-order valence-corrected chi connectivity index (χ0v) is 16.8. The van der Waals surface area contributed by atoms with E-state index in [1.54, 1.807) is 17.4 Å². The molecule has 0 radical (unpaired) electrons. The second kappa shape index (κ2) is 7.98. The minimum Gasteiger partial charge on any atom is -0.493 e. The molecule has 0 spiro atoms. The Labute approximate surface area is 168 Å².